The third-order valence-corrected chi connectivity index (χ3v) is 1.95. The molecule has 1 aromatic heterocycles. The zero-order valence-electron chi connectivity index (χ0n) is 7.82. The minimum absolute atomic E-state index is 0.263. The van der Waals surface area contributed by atoms with Gasteiger partial charge in [0, 0.05) is 18.0 Å². The molecule has 0 radical (unpaired) electrons. The van der Waals surface area contributed by atoms with Crippen LogP contribution in [0.1, 0.15) is 30.7 Å². The molecule has 4 nitrogen and oxygen atoms in total. The zero-order chi connectivity index (χ0) is 9.84. The Morgan fingerprint density at radius 1 is 1.54 bits per heavy atom. The lowest BCUT2D eigenvalue weighted by Crippen LogP contribution is -2.21. The van der Waals surface area contributed by atoms with Crippen LogP contribution in [0.15, 0.2) is 12.4 Å². The first-order valence-corrected chi connectivity index (χ1v) is 4.23. The fraction of sp³-hybridized carbons (Fsp3) is 0.444. The van der Waals surface area contributed by atoms with E-state index in [2.05, 4.69) is 9.97 Å². The van der Waals surface area contributed by atoms with Gasteiger partial charge >= 0.3 is 0 Å². The number of nitrogens with zero attached hydrogens (tertiary/aromatic N) is 2. The third kappa shape index (κ3) is 2.24. The number of amides is 1. The average Bonchev–Trinajstić information content (AvgIpc) is 2.09. The summed E-state index contributed by atoms with van der Waals surface area (Å²) in [5.41, 5.74) is 6.02. The number of carbonyl (C=O) groups is 1. The predicted octanol–water partition coefficient (Wildman–Crippen LogP) is 0.764. The Morgan fingerprint density at radius 2 is 2.08 bits per heavy atom. The van der Waals surface area contributed by atoms with E-state index in [1.54, 1.807) is 19.3 Å². The summed E-state index contributed by atoms with van der Waals surface area (Å²) in [6.07, 6.45) is 3.99. The molecule has 0 aromatic carbocycles. The van der Waals surface area contributed by atoms with E-state index in [1.807, 2.05) is 6.92 Å². The Hall–Kier alpha value is -1.45. The molecule has 0 bridgehead atoms. The molecule has 0 aliphatic carbocycles. The molecule has 0 saturated carbocycles. The van der Waals surface area contributed by atoms with E-state index in [9.17, 15) is 4.79 Å². The first-order valence-electron chi connectivity index (χ1n) is 4.23. The van der Waals surface area contributed by atoms with Gasteiger partial charge in [-0.2, -0.15) is 0 Å². The number of aryl methyl sites for hydroxylation is 1. The minimum Gasteiger partial charge on any atom is -0.369 e. The molecule has 1 aromatic rings. The largest absolute Gasteiger partial charge is 0.369 e. The van der Waals surface area contributed by atoms with Crippen LogP contribution in [0.3, 0.4) is 0 Å². The van der Waals surface area contributed by atoms with Crippen molar-refractivity contribution >= 4 is 5.91 Å². The predicted molar refractivity (Wildman–Crippen MR) is 49.0 cm³/mol. The smallest absolute Gasteiger partial charge is 0.225 e. The van der Waals surface area contributed by atoms with Gasteiger partial charge in [0.1, 0.15) is 5.82 Å². The number of hydrogen-bond donors (Lipinski definition) is 1. The van der Waals surface area contributed by atoms with Crippen molar-refractivity contribution in [2.24, 2.45) is 5.73 Å². The van der Waals surface area contributed by atoms with E-state index in [4.69, 9.17) is 5.73 Å². The second-order valence-corrected chi connectivity index (χ2v) is 2.93. The maximum absolute atomic E-state index is 11.0. The summed E-state index contributed by atoms with van der Waals surface area (Å²) in [7, 11) is 0. The molecule has 1 unspecified atom stereocenters. The summed E-state index contributed by atoms with van der Waals surface area (Å²) in [5.74, 6) is 0.110. The molecule has 0 aliphatic heterocycles. The maximum atomic E-state index is 11.0. The molecule has 1 amide bonds. The number of primary amides is 1. The van der Waals surface area contributed by atoms with Gasteiger partial charge in [0.2, 0.25) is 5.91 Å². The fourth-order valence-electron chi connectivity index (χ4n) is 1.18. The highest BCUT2D eigenvalue weighted by molar-refractivity contribution is 5.81. The van der Waals surface area contributed by atoms with Gasteiger partial charge in [-0.15, -0.1) is 0 Å². The highest BCUT2D eigenvalue weighted by Crippen LogP contribution is 2.16. The van der Waals surface area contributed by atoms with Gasteiger partial charge in [0.05, 0.1) is 5.92 Å². The van der Waals surface area contributed by atoms with Crippen LogP contribution in [0.2, 0.25) is 0 Å². The average molecular weight is 179 g/mol. The minimum atomic E-state index is -0.324. The van der Waals surface area contributed by atoms with Crippen molar-refractivity contribution in [2.75, 3.05) is 0 Å². The molecule has 13 heavy (non-hydrogen) atoms. The van der Waals surface area contributed by atoms with Crippen molar-refractivity contribution in [3.05, 3.63) is 23.8 Å². The van der Waals surface area contributed by atoms with Gasteiger partial charge in [-0.05, 0) is 13.3 Å². The van der Waals surface area contributed by atoms with Crippen LogP contribution in [0.25, 0.3) is 0 Å². The molecule has 2 N–H and O–H groups in total. The number of carbonyl (C=O) groups excluding carboxylic acids is 1. The topological polar surface area (TPSA) is 68.9 Å². The molecule has 0 aliphatic rings. The second kappa shape index (κ2) is 3.98. The van der Waals surface area contributed by atoms with Crippen molar-refractivity contribution < 1.29 is 4.79 Å². The van der Waals surface area contributed by atoms with Crippen LogP contribution in [0, 0.1) is 6.92 Å². The first kappa shape index (κ1) is 9.64. The SMILES string of the molecule is CCC(C(N)=O)c1cnc(C)nc1. The highest BCUT2D eigenvalue weighted by atomic mass is 16.1. The van der Waals surface area contributed by atoms with Gasteiger partial charge in [0.15, 0.2) is 0 Å². The van der Waals surface area contributed by atoms with Crippen molar-refractivity contribution in [2.45, 2.75) is 26.2 Å². The van der Waals surface area contributed by atoms with Crippen LogP contribution in [-0.4, -0.2) is 15.9 Å². The molecule has 0 saturated heterocycles. The van der Waals surface area contributed by atoms with Crippen LogP contribution in [0.4, 0.5) is 0 Å². The Morgan fingerprint density at radius 3 is 2.46 bits per heavy atom. The van der Waals surface area contributed by atoms with E-state index in [1.165, 1.54) is 0 Å². The van der Waals surface area contributed by atoms with E-state index in [-0.39, 0.29) is 11.8 Å². The number of rotatable bonds is 3. The molecule has 0 spiro atoms. The van der Waals surface area contributed by atoms with Crippen LogP contribution in [0.5, 0.6) is 0 Å². The van der Waals surface area contributed by atoms with Gasteiger partial charge in [0.25, 0.3) is 0 Å². The Balaban J connectivity index is 2.92. The van der Waals surface area contributed by atoms with Gasteiger partial charge in [-0.25, -0.2) is 9.97 Å². The third-order valence-electron chi connectivity index (χ3n) is 1.95. The van der Waals surface area contributed by atoms with Crippen molar-refractivity contribution in [1.29, 1.82) is 0 Å². The molecule has 4 heteroatoms. The molecule has 1 atom stereocenters. The summed E-state index contributed by atoms with van der Waals surface area (Å²) in [4.78, 5) is 19.0. The molecular formula is C9H13N3O. The van der Waals surface area contributed by atoms with E-state index >= 15 is 0 Å². The van der Waals surface area contributed by atoms with Crippen molar-refractivity contribution in [3.63, 3.8) is 0 Å². The van der Waals surface area contributed by atoms with Crippen LogP contribution >= 0.6 is 0 Å². The number of nitrogens with two attached hydrogens (primary N) is 1. The van der Waals surface area contributed by atoms with E-state index < -0.39 is 0 Å². The van der Waals surface area contributed by atoms with Crippen LogP contribution in [-0.2, 0) is 4.79 Å². The lowest BCUT2D eigenvalue weighted by atomic mass is 9.99. The molecule has 70 valence electrons. The van der Waals surface area contributed by atoms with E-state index in [0.29, 0.717) is 12.2 Å². The highest BCUT2D eigenvalue weighted by Gasteiger charge is 2.15. The van der Waals surface area contributed by atoms with Gasteiger partial charge in [-0.3, -0.25) is 4.79 Å². The van der Waals surface area contributed by atoms with Crippen molar-refractivity contribution in [3.8, 4) is 0 Å². The summed E-state index contributed by atoms with van der Waals surface area (Å²) in [6.45, 7) is 3.71. The lowest BCUT2D eigenvalue weighted by Gasteiger charge is -2.09. The van der Waals surface area contributed by atoms with Crippen LogP contribution < -0.4 is 5.73 Å². The summed E-state index contributed by atoms with van der Waals surface area (Å²) < 4.78 is 0. The summed E-state index contributed by atoms with van der Waals surface area (Å²) in [5, 5.41) is 0. The number of hydrogen-bond acceptors (Lipinski definition) is 3. The quantitative estimate of drug-likeness (QED) is 0.744. The monoisotopic (exact) mass is 179 g/mol. The zero-order valence-corrected chi connectivity index (χ0v) is 7.82. The second-order valence-electron chi connectivity index (χ2n) is 2.93. The van der Waals surface area contributed by atoms with Crippen molar-refractivity contribution in [1.82, 2.24) is 9.97 Å². The molecular weight excluding hydrogens is 166 g/mol. The molecule has 1 rings (SSSR count). The van der Waals surface area contributed by atoms with E-state index in [0.717, 1.165) is 5.56 Å². The Labute approximate surface area is 77.2 Å². The van der Waals surface area contributed by atoms with Gasteiger partial charge < -0.3 is 5.73 Å². The Bertz CT molecular complexity index is 294. The standard InChI is InChI=1S/C9H13N3O/c1-3-8(9(10)13)7-4-11-6(2)12-5-7/h4-5,8H,3H2,1-2H3,(H2,10,13). The molecule has 0 fully saturated rings. The maximum Gasteiger partial charge on any atom is 0.225 e. The number of aromatic nitrogens is 2. The van der Waals surface area contributed by atoms with Gasteiger partial charge in [-0.1, -0.05) is 6.92 Å². The lowest BCUT2D eigenvalue weighted by molar-refractivity contribution is -0.119. The summed E-state index contributed by atoms with van der Waals surface area (Å²) >= 11 is 0. The fourth-order valence-corrected chi connectivity index (χ4v) is 1.18. The summed E-state index contributed by atoms with van der Waals surface area (Å²) in [6, 6.07) is 0. The first-order chi connectivity index (χ1) is 6.15. The Kier molecular flexibility index (Phi) is 2.95. The normalized spacial score (nSPS) is 12.5. The molecule has 1 heterocycles.